The smallest absolute Gasteiger partial charge is 0.317 e. The van der Waals surface area contributed by atoms with Crippen molar-refractivity contribution in [3.63, 3.8) is 0 Å². The molecule has 2 aromatic heterocycles. The molecule has 1 atom stereocenters. The van der Waals surface area contributed by atoms with Gasteiger partial charge >= 0.3 is 6.03 Å². The van der Waals surface area contributed by atoms with E-state index in [0.717, 1.165) is 42.1 Å². The number of aryl methyl sites for hydroxylation is 2. The number of amides is 2. The molecule has 2 aromatic rings. The molecular formula is C19H26N4O2S. The van der Waals surface area contributed by atoms with Gasteiger partial charge in [0.15, 0.2) is 0 Å². The van der Waals surface area contributed by atoms with Crippen molar-refractivity contribution >= 4 is 17.4 Å². The fourth-order valence-corrected chi connectivity index (χ4v) is 3.93. The molecule has 0 aliphatic carbocycles. The van der Waals surface area contributed by atoms with Crippen molar-refractivity contribution < 1.29 is 9.53 Å². The number of hydrogen-bond acceptors (Lipinski definition) is 5. The van der Waals surface area contributed by atoms with Gasteiger partial charge in [0.05, 0.1) is 16.8 Å². The van der Waals surface area contributed by atoms with Crippen LogP contribution in [0.5, 0.6) is 0 Å². The summed E-state index contributed by atoms with van der Waals surface area (Å²) in [7, 11) is 0. The van der Waals surface area contributed by atoms with Gasteiger partial charge in [0.2, 0.25) is 0 Å². The molecule has 1 fully saturated rings. The Balaban J connectivity index is 1.56. The van der Waals surface area contributed by atoms with E-state index in [-0.39, 0.29) is 12.1 Å². The number of aromatic nitrogens is 2. The number of hydrogen-bond donors (Lipinski definition) is 1. The number of ether oxygens (including phenoxy) is 1. The van der Waals surface area contributed by atoms with E-state index in [2.05, 4.69) is 22.2 Å². The zero-order chi connectivity index (χ0) is 18.4. The lowest BCUT2D eigenvalue weighted by atomic mass is 10.2. The Kier molecular flexibility index (Phi) is 6.57. The second-order valence-electron chi connectivity index (χ2n) is 6.60. The maximum Gasteiger partial charge on any atom is 0.317 e. The van der Waals surface area contributed by atoms with Crippen LogP contribution in [0.15, 0.2) is 24.5 Å². The molecule has 7 heteroatoms. The quantitative estimate of drug-likeness (QED) is 0.809. The average Bonchev–Trinajstić information content (AvgIpc) is 3.25. The maximum absolute atomic E-state index is 12.7. The number of thiazole rings is 1. The van der Waals surface area contributed by atoms with Crippen molar-refractivity contribution in [1.82, 2.24) is 20.2 Å². The number of pyridine rings is 1. The zero-order valence-electron chi connectivity index (χ0n) is 15.4. The van der Waals surface area contributed by atoms with Crippen LogP contribution in [0.3, 0.4) is 0 Å². The van der Waals surface area contributed by atoms with Crippen LogP contribution in [0, 0.1) is 13.8 Å². The first-order chi connectivity index (χ1) is 12.6. The summed E-state index contributed by atoms with van der Waals surface area (Å²) in [6, 6.07) is 3.83. The Hall–Kier alpha value is -1.99. The number of carbonyl (C=O) groups is 1. The molecular weight excluding hydrogens is 348 g/mol. The van der Waals surface area contributed by atoms with Gasteiger partial charge in [0.25, 0.3) is 0 Å². The Bertz CT molecular complexity index is 694. The van der Waals surface area contributed by atoms with E-state index in [1.165, 1.54) is 4.88 Å². The third-order valence-electron chi connectivity index (χ3n) is 4.55. The van der Waals surface area contributed by atoms with Gasteiger partial charge in [0.1, 0.15) is 0 Å². The minimum absolute atomic E-state index is 0.0534. The van der Waals surface area contributed by atoms with E-state index in [9.17, 15) is 4.79 Å². The molecule has 1 saturated heterocycles. The van der Waals surface area contributed by atoms with E-state index in [1.54, 1.807) is 23.7 Å². The highest BCUT2D eigenvalue weighted by Gasteiger charge is 2.22. The summed E-state index contributed by atoms with van der Waals surface area (Å²) in [6.07, 6.45) is 6.48. The Morgan fingerprint density at radius 1 is 1.38 bits per heavy atom. The van der Waals surface area contributed by atoms with Crippen molar-refractivity contribution in [2.24, 2.45) is 0 Å². The first-order valence-corrected chi connectivity index (χ1v) is 9.89. The van der Waals surface area contributed by atoms with E-state index >= 15 is 0 Å². The average molecular weight is 375 g/mol. The fraction of sp³-hybridized carbons (Fsp3) is 0.526. The van der Waals surface area contributed by atoms with Gasteiger partial charge in [-0.25, -0.2) is 9.78 Å². The van der Waals surface area contributed by atoms with Gasteiger partial charge in [-0.05, 0) is 44.4 Å². The standard InChI is InChI=1S/C19H26N4O2S/c1-14-15(2)26-18(22-14)7-10-21-19(24)23(13-17-4-3-11-25-17)12-16-5-8-20-9-6-16/h5-6,8-9,17H,3-4,7,10-13H2,1-2H3,(H,21,24). The molecule has 0 bridgehead atoms. The van der Waals surface area contributed by atoms with Crippen LogP contribution in [0.2, 0.25) is 0 Å². The summed E-state index contributed by atoms with van der Waals surface area (Å²) >= 11 is 1.70. The lowest BCUT2D eigenvalue weighted by molar-refractivity contribution is 0.0795. The van der Waals surface area contributed by atoms with Crippen molar-refractivity contribution in [2.75, 3.05) is 19.7 Å². The molecule has 3 rings (SSSR count). The van der Waals surface area contributed by atoms with E-state index in [0.29, 0.717) is 19.6 Å². The molecule has 2 amide bonds. The van der Waals surface area contributed by atoms with Gasteiger partial charge in [-0.15, -0.1) is 11.3 Å². The van der Waals surface area contributed by atoms with Gasteiger partial charge in [-0.1, -0.05) is 0 Å². The second kappa shape index (κ2) is 9.09. The molecule has 140 valence electrons. The molecule has 0 aromatic carbocycles. The normalized spacial score (nSPS) is 16.6. The molecule has 1 aliphatic heterocycles. The second-order valence-corrected chi connectivity index (χ2v) is 7.89. The van der Waals surface area contributed by atoms with Gasteiger partial charge in [-0.2, -0.15) is 0 Å². The van der Waals surface area contributed by atoms with Crippen LogP contribution in [-0.4, -0.2) is 46.7 Å². The number of nitrogens with one attached hydrogen (secondary N) is 1. The number of carbonyl (C=O) groups excluding carboxylic acids is 1. The molecule has 1 N–H and O–H groups in total. The molecule has 6 nitrogen and oxygen atoms in total. The lowest BCUT2D eigenvalue weighted by Gasteiger charge is -2.25. The van der Waals surface area contributed by atoms with E-state index in [4.69, 9.17) is 4.74 Å². The summed E-state index contributed by atoms with van der Waals surface area (Å²) in [5.41, 5.74) is 2.15. The van der Waals surface area contributed by atoms with Crippen LogP contribution in [0.25, 0.3) is 0 Å². The first-order valence-electron chi connectivity index (χ1n) is 9.08. The number of rotatable bonds is 7. The first kappa shape index (κ1) is 18.8. The monoisotopic (exact) mass is 374 g/mol. The minimum Gasteiger partial charge on any atom is -0.376 e. The fourth-order valence-electron chi connectivity index (χ4n) is 3.00. The van der Waals surface area contributed by atoms with Crippen LogP contribution < -0.4 is 5.32 Å². The van der Waals surface area contributed by atoms with E-state index in [1.807, 2.05) is 24.0 Å². The topological polar surface area (TPSA) is 67.4 Å². The Morgan fingerprint density at radius 3 is 2.85 bits per heavy atom. The third kappa shape index (κ3) is 5.25. The molecule has 0 saturated carbocycles. The molecule has 3 heterocycles. The van der Waals surface area contributed by atoms with Crippen LogP contribution in [0.1, 0.15) is 34.0 Å². The summed E-state index contributed by atoms with van der Waals surface area (Å²) in [5.74, 6) is 0. The molecule has 1 aliphatic rings. The van der Waals surface area contributed by atoms with Crippen molar-refractivity contribution in [3.05, 3.63) is 45.7 Å². The zero-order valence-corrected chi connectivity index (χ0v) is 16.2. The Morgan fingerprint density at radius 2 is 2.19 bits per heavy atom. The molecule has 1 unspecified atom stereocenters. The highest BCUT2D eigenvalue weighted by molar-refractivity contribution is 7.11. The van der Waals surface area contributed by atoms with Crippen LogP contribution in [-0.2, 0) is 17.7 Å². The number of nitrogens with zero attached hydrogens (tertiary/aromatic N) is 3. The maximum atomic E-state index is 12.7. The summed E-state index contributed by atoms with van der Waals surface area (Å²) < 4.78 is 5.72. The number of urea groups is 1. The van der Waals surface area contributed by atoms with Gasteiger partial charge < -0.3 is 15.0 Å². The summed E-state index contributed by atoms with van der Waals surface area (Å²) in [4.78, 5) is 24.4. The van der Waals surface area contributed by atoms with E-state index < -0.39 is 0 Å². The summed E-state index contributed by atoms with van der Waals surface area (Å²) in [5, 5.41) is 4.11. The predicted molar refractivity (Wildman–Crippen MR) is 102 cm³/mol. The van der Waals surface area contributed by atoms with Crippen LogP contribution >= 0.6 is 11.3 Å². The third-order valence-corrected chi connectivity index (χ3v) is 5.68. The van der Waals surface area contributed by atoms with Crippen LogP contribution in [0.4, 0.5) is 4.79 Å². The van der Waals surface area contributed by atoms with Crippen molar-refractivity contribution in [3.8, 4) is 0 Å². The minimum atomic E-state index is -0.0534. The lowest BCUT2D eigenvalue weighted by Crippen LogP contribution is -2.43. The predicted octanol–water partition coefficient (Wildman–Crippen LogP) is 3.09. The van der Waals surface area contributed by atoms with Crippen molar-refractivity contribution in [2.45, 2.75) is 45.8 Å². The Labute approximate surface area is 158 Å². The van der Waals surface area contributed by atoms with Crippen molar-refractivity contribution in [1.29, 1.82) is 0 Å². The largest absolute Gasteiger partial charge is 0.376 e. The molecule has 0 spiro atoms. The molecule has 26 heavy (non-hydrogen) atoms. The van der Waals surface area contributed by atoms with Gasteiger partial charge in [-0.3, -0.25) is 4.98 Å². The summed E-state index contributed by atoms with van der Waals surface area (Å²) in [6.45, 7) is 6.65. The molecule has 0 radical (unpaired) electrons. The SMILES string of the molecule is Cc1nc(CCNC(=O)N(Cc2ccncc2)CC2CCCO2)sc1C. The highest BCUT2D eigenvalue weighted by Crippen LogP contribution is 2.17. The van der Waals surface area contributed by atoms with Gasteiger partial charge in [0, 0.05) is 49.9 Å². The highest BCUT2D eigenvalue weighted by atomic mass is 32.1.